The number of amides is 1. The van der Waals surface area contributed by atoms with Gasteiger partial charge in [-0.25, -0.2) is 4.79 Å². The second-order valence-corrected chi connectivity index (χ2v) is 6.79. The number of anilines is 1. The molecule has 2 aliphatic rings. The lowest BCUT2D eigenvalue weighted by molar-refractivity contribution is -0.00610. The highest BCUT2D eigenvalue weighted by molar-refractivity contribution is 5.65. The van der Waals surface area contributed by atoms with Crippen molar-refractivity contribution in [2.45, 2.75) is 32.0 Å². The van der Waals surface area contributed by atoms with E-state index in [0.717, 1.165) is 56.0 Å². The molecule has 0 spiro atoms. The zero-order valence-corrected chi connectivity index (χ0v) is 15.4. The van der Waals surface area contributed by atoms with Crippen molar-refractivity contribution >= 4 is 11.8 Å². The average Bonchev–Trinajstić information content (AvgIpc) is 2.67. The zero-order valence-electron chi connectivity index (χ0n) is 15.4. The number of piperidine rings is 1. The molecule has 2 aliphatic heterocycles. The first-order valence-electron chi connectivity index (χ1n) is 9.26. The zero-order chi connectivity index (χ0) is 18.4. The van der Waals surface area contributed by atoms with Crippen molar-refractivity contribution in [2.24, 2.45) is 0 Å². The first-order valence-corrected chi connectivity index (χ1v) is 9.26. The van der Waals surface area contributed by atoms with Crippen molar-refractivity contribution in [3.8, 4) is 5.75 Å². The van der Waals surface area contributed by atoms with E-state index in [1.807, 2.05) is 12.1 Å². The van der Waals surface area contributed by atoms with Crippen LogP contribution in [0.2, 0.25) is 0 Å². The molecule has 1 aromatic carbocycles. The van der Waals surface area contributed by atoms with Gasteiger partial charge in [0, 0.05) is 26.8 Å². The van der Waals surface area contributed by atoms with Crippen LogP contribution in [0.3, 0.4) is 0 Å². The topological polar surface area (TPSA) is 71.5 Å². The molecular weight excluding hydrogens is 336 g/mol. The van der Waals surface area contributed by atoms with Crippen LogP contribution in [0, 0.1) is 0 Å². The van der Waals surface area contributed by atoms with Gasteiger partial charge in [0.15, 0.2) is 0 Å². The summed E-state index contributed by atoms with van der Waals surface area (Å²) in [4.78, 5) is 14.9. The van der Waals surface area contributed by atoms with Crippen molar-refractivity contribution in [2.75, 3.05) is 51.4 Å². The summed E-state index contributed by atoms with van der Waals surface area (Å²) in [5.74, 6) is 0.909. The van der Waals surface area contributed by atoms with Crippen LogP contribution in [-0.2, 0) is 16.1 Å². The van der Waals surface area contributed by atoms with E-state index in [4.69, 9.17) is 19.3 Å². The summed E-state index contributed by atoms with van der Waals surface area (Å²) in [6.45, 7) is 4.79. The summed E-state index contributed by atoms with van der Waals surface area (Å²) in [5.41, 5.74) is 2.18. The van der Waals surface area contributed by atoms with Gasteiger partial charge >= 0.3 is 6.09 Å². The summed E-state index contributed by atoms with van der Waals surface area (Å²) in [6, 6.07) is 6.15. The van der Waals surface area contributed by atoms with Gasteiger partial charge in [-0.05, 0) is 37.0 Å². The van der Waals surface area contributed by atoms with Crippen molar-refractivity contribution in [1.29, 1.82) is 0 Å². The number of likely N-dealkylation sites (tertiary alicyclic amines) is 1. The molecule has 2 heterocycles. The van der Waals surface area contributed by atoms with Crippen molar-refractivity contribution in [3.63, 3.8) is 0 Å². The highest BCUT2D eigenvalue weighted by Gasteiger charge is 2.24. The average molecular weight is 364 g/mol. The van der Waals surface area contributed by atoms with Gasteiger partial charge in [-0.15, -0.1) is 0 Å². The minimum atomic E-state index is -0.865. The Morgan fingerprint density at radius 1 is 1.38 bits per heavy atom. The third-order valence-electron chi connectivity index (χ3n) is 4.89. The van der Waals surface area contributed by atoms with Crippen molar-refractivity contribution < 1.29 is 24.1 Å². The molecule has 0 aromatic heterocycles. The van der Waals surface area contributed by atoms with Gasteiger partial charge in [-0.1, -0.05) is 6.07 Å². The predicted octanol–water partition coefficient (Wildman–Crippen LogP) is 2.58. The molecule has 7 nitrogen and oxygen atoms in total. The van der Waals surface area contributed by atoms with Gasteiger partial charge in [0.2, 0.25) is 0 Å². The van der Waals surface area contributed by atoms with Crippen LogP contribution in [0.4, 0.5) is 10.5 Å². The van der Waals surface area contributed by atoms with E-state index < -0.39 is 6.09 Å². The summed E-state index contributed by atoms with van der Waals surface area (Å²) in [5, 5.41) is 9.13. The molecule has 7 heteroatoms. The van der Waals surface area contributed by atoms with Gasteiger partial charge < -0.3 is 29.1 Å². The van der Waals surface area contributed by atoms with Crippen LogP contribution in [-0.4, -0.2) is 68.7 Å². The molecule has 1 fully saturated rings. The maximum atomic E-state index is 11.1. The molecule has 1 N–H and O–H groups in total. The summed E-state index contributed by atoms with van der Waals surface area (Å²) in [7, 11) is 1.72. The lowest BCUT2D eigenvalue weighted by Gasteiger charge is -2.32. The van der Waals surface area contributed by atoms with E-state index in [-0.39, 0.29) is 6.10 Å². The monoisotopic (exact) mass is 364 g/mol. The van der Waals surface area contributed by atoms with Gasteiger partial charge in [-0.2, -0.15) is 0 Å². The standard InChI is InChI=1S/C19H28N2O5/c1-24-10-3-8-20-9-11-25-18-6-5-15(12-17(18)20)14-26-16-4-2-7-21(13-16)19(22)23/h5-6,12,16H,2-4,7-11,13-14H2,1H3,(H,22,23). The molecule has 1 atom stereocenters. The van der Waals surface area contributed by atoms with E-state index >= 15 is 0 Å². The van der Waals surface area contributed by atoms with Crippen LogP contribution in [0.5, 0.6) is 5.75 Å². The lowest BCUT2D eigenvalue weighted by atomic mass is 10.1. The highest BCUT2D eigenvalue weighted by Crippen LogP contribution is 2.33. The third kappa shape index (κ3) is 4.80. The second-order valence-electron chi connectivity index (χ2n) is 6.79. The molecule has 144 valence electrons. The van der Waals surface area contributed by atoms with Crippen LogP contribution >= 0.6 is 0 Å². The number of rotatable bonds is 7. The Morgan fingerprint density at radius 2 is 2.27 bits per heavy atom. The minimum Gasteiger partial charge on any atom is -0.490 e. The fourth-order valence-corrected chi connectivity index (χ4v) is 3.50. The summed E-state index contributed by atoms with van der Waals surface area (Å²) >= 11 is 0. The number of nitrogens with zero attached hydrogens (tertiary/aromatic N) is 2. The van der Waals surface area contributed by atoms with Crippen LogP contribution in [0.25, 0.3) is 0 Å². The summed E-state index contributed by atoms with van der Waals surface area (Å²) in [6.07, 6.45) is 1.83. The number of benzene rings is 1. The van der Waals surface area contributed by atoms with Gasteiger partial charge in [0.1, 0.15) is 12.4 Å². The van der Waals surface area contributed by atoms with E-state index in [1.165, 1.54) is 4.90 Å². The molecule has 0 saturated carbocycles. The molecule has 0 bridgehead atoms. The number of hydrogen-bond acceptors (Lipinski definition) is 5. The minimum absolute atomic E-state index is 0.0371. The van der Waals surface area contributed by atoms with Gasteiger partial charge in [0.25, 0.3) is 0 Å². The molecule has 0 radical (unpaired) electrons. The number of carbonyl (C=O) groups is 1. The molecular formula is C19H28N2O5. The smallest absolute Gasteiger partial charge is 0.407 e. The third-order valence-corrected chi connectivity index (χ3v) is 4.89. The fraction of sp³-hybridized carbons (Fsp3) is 0.632. The highest BCUT2D eigenvalue weighted by atomic mass is 16.5. The first kappa shape index (κ1) is 18.8. The van der Waals surface area contributed by atoms with E-state index in [9.17, 15) is 4.79 Å². The Kier molecular flexibility index (Phi) is 6.57. The van der Waals surface area contributed by atoms with Crippen LogP contribution in [0.1, 0.15) is 24.8 Å². The van der Waals surface area contributed by atoms with E-state index in [2.05, 4.69) is 11.0 Å². The largest absolute Gasteiger partial charge is 0.490 e. The second kappa shape index (κ2) is 9.09. The summed E-state index contributed by atoms with van der Waals surface area (Å²) < 4.78 is 16.9. The maximum Gasteiger partial charge on any atom is 0.407 e. The molecule has 1 unspecified atom stereocenters. The normalized spacial score (nSPS) is 19.8. The maximum absolute atomic E-state index is 11.1. The molecule has 1 aromatic rings. The molecule has 1 amide bonds. The Morgan fingerprint density at radius 3 is 3.08 bits per heavy atom. The molecule has 26 heavy (non-hydrogen) atoms. The molecule has 1 saturated heterocycles. The van der Waals surface area contributed by atoms with E-state index in [1.54, 1.807) is 7.11 Å². The van der Waals surface area contributed by atoms with Crippen LogP contribution < -0.4 is 9.64 Å². The van der Waals surface area contributed by atoms with Crippen LogP contribution in [0.15, 0.2) is 18.2 Å². The quantitative estimate of drug-likeness (QED) is 0.750. The Bertz CT molecular complexity index is 610. The lowest BCUT2D eigenvalue weighted by Crippen LogP contribution is -2.42. The van der Waals surface area contributed by atoms with Gasteiger partial charge in [0.05, 0.1) is 31.5 Å². The number of hydrogen-bond donors (Lipinski definition) is 1. The Hall–Kier alpha value is -1.99. The first-order chi connectivity index (χ1) is 12.7. The van der Waals surface area contributed by atoms with E-state index in [0.29, 0.717) is 26.3 Å². The number of carboxylic acid groups (broad SMARTS) is 1. The predicted molar refractivity (Wildman–Crippen MR) is 98.1 cm³/mol. The fourth-order valence-electron chi connectivity index (χ4n) is 3.50. The SMILES string of the molecule is COCCCN1CCOc2ccc(COC3CCCN(C(=O)O)C3)cc21. The number of ether oxygens (including phenoxy) is 3. The number of fused-ring (bicyclic) bond motifs is 1. The number of methoxy groups -OCH3 is 1. The van der Waals surface area contributed by atoms with Crippen molar-refractivity contribution in [1.82, 2.24) is 4.90 Å². The molecule has 0 aliphatic carbocycles. The Balaban J connectivity index is 1.59. The Labute approximate surface area is 154 Å². The van der Waals surface area contributed by atoms with Crippen molar-refractivity contribution in [3.05, 3.63) is 23.8 Å². The van der Waals surface area contributed by atoms with Gasteiger partial charge in [-0.3, -0.25) is 0 Å². The molecule has 3 rings (SSSR count).